The predicted octanol–water partition coefficient (Wildman–Crippen LogP) is 2.16. The van der Waals surface area contributed by atoms with Crippen molar-refractivity contribution in [1.82, 2.24) is 4.98 Å². The van der Waals surface area contributed by atoms with Gasteiger partial charge in [-0.3, -0.25) is 14.9 Å². The van der Waals surface area contributed by atoms with E-state index in [0.29, 0.717) is 0 Å². The zero-order valence-corrected chi connectivity index (χ0v) is 10.2. The number of hydrogen-bond donors (Lipinski definition) is 1. The van der Waals surface area contributed by atoms with Gasteiger partial charge in [-0.05, 0) is 22.6 Å². The molecule has 9 heteroatoms. The number of aromatic nitrogens is 1. The van der Waals surface area contributed by atoms with Gasteiger partial charge in [-0.1, -0.05) is 0 Å². The first-order valence-corrected chi connectivity index (χ1v) is 5.24. The Balaban J connectivity index is 3.38. The third-order valence-electron chi connectivity index (χ3n) is 1.82. The highest BCUT2D eigenvalue weighted by Crippen LogP contribution is 2.32. The summed E-state index contributed by atoms with van der Waals surface area (Å²) in [6.07, 6.45) is -2.66. The molecule has 0 atom stereocenters. The van der Waals surface area contributed by atoms with E-state index >= 15 is 0 Å². The van der Waals surface area contributed by atoms with E-state index in [1.807, 2.05) is 0 Å². The lowest BCUT2D eigenvalue weighted by Crippen LogP contribution is -2.08. The average Bonchev–Trinajstić information content (AvgIpc) is 2.19. The van der Waals surface area contributed by atoms with Crippen LogP contribution in [0.2, 0.25) is 0 Å². The molecule has 0 aliphatic rings. The normalized spacial score (nSPS) is 10.6. The van der Waals surface area contributed by atoms with Crippen LogP contribution in [-0.4, -0.2) is 21.0 Å². The molecule has 1 heterocycles. The lowest BCUT2D eigenvalue weighted by Gasteiger charge is -2.06. The number of nitrogens with zero attached hydrogens (tertiary/aromatic N) is 2. The summed E-state index contributed by atoms with van der Waals surface area (Å²) < 4.78 is 24.8. The summed E-state index contributed by atoms with van der Waals surface area (Å²) in [5, 5.41) is 19.2. The van der Waals surface area contributed by atoms with Crippen molar-refractivity contribution in [2.75, 3.05) is 0 Å². The number of hydrogen-bond acceptors (Lipinski definition) is 4. The van der Waals surface area contributed by atoms with Gasteiger partial charge in [0.15, 0.2) is 5.69 Å². The lowest BCUT2D eigenvalue weighted by molar-refractivity contribution is -0.387. The molecular formula is C8H5F2IN2O4. The van der Waals surface area contributed by atoms with Crippen LogP contribution in [-0.2, 0) is 11.2 Å². The van der Waals surface area contributed by atoms with Crippen LogP contribution < -0.4 is 0 Å². The zero-order chi connectivity index (χ0) is 13.2. The van der Waals surface area contributed by atoms with Gasteiger partial charge >= 0.3 is 11.7 Å². The second-order valence-electron chi connectivity index (χ2n) is 2.96. The van der Waals surface area contributed by atoms with E-state index in [-0.39, 0.29) is 9.13 Å². The van der Waals surface area contributed by atoms with Crippen LogP contribution >= 0.6 is 22.6 Å². The van der Waals surface area contributed by atoms with Gasteiger partial charge < -0.3 is 5.11 Å². The maximum absolute atomic E-state index is 12.5. The SMILES string of the molecule is O=C(O)Cc1cnc(C(F)F)c([N+](=O)[O-])c1I. The Morgan fingerprint density at radius 2 is 2.24 bits per heavy atom. The van der Waals surface area contributed by atoms with E-state index in [1.54, 1.807) is 0 Å². The molecule has 0 spiro atoms. The van der Waals surface area contributed by atoms with Gasteiger partial charge in [0.1, 0.15) is 0 Å². The molecule has 0 unspecified atom stereocenters. The minimum Gasteiger partial charge on any atom is -0.481 e. The van der Waals surface area contributed by atoms with Crippen LogP contribution in [0, 0.1) is 13.7 Å². The van der Waals surface area contributed by atoms with Gasteiger partial charge in [0.05, 0.1) is 14.9 Å². The summed E-state index contributed by atoms with van der Waals surface area (Å²) in [5.41, 5.74) is -1.75. The first-order valence-electron chi connectivity index (χ1n) is 4.16. The smallest absolute Gasteiger partial charge is 0.310 e. The van der Waals surface area contributed by atoms with Crippen LogP contribution in [0.15, 0.2) is 6.20 Å². The van der Waals surface area contributed by atoms with E-state index in [2.05, 4.69) is 4.98 Å². The van der Waals surface area contributed by atoms with Crippen molar-refractivity contribution in [3.8, 4) is 0 Å². The molecule has 0 radical (unpaired) electrons. The van der Waals surface area contributed by atoms with Crippen molar-refractivity contribution >= 4 is 34.2 Å². The topological polar surface area (TPSA) is 93.3 Å². The number of carboxylic acid groups (broad SMARTS) is 1. The van der Waals surface area contributed by atoms with Crippen LogP contribution in [0.5, 0.6) is 0 Å². The molecule has 0 bridgehead atoms. The summed E-state index contributed by atoms with van der Waals surface area (Å²) >= 11 is 1.47. The van der Waals surface area contributed by atoms with Crippen molar-refractivity contribution in [2.24, 2.45) is 0 Å². The van der Waals surface area contributed by atoms with Gasteiger partial charge in [-0.15, -0.1) is 0 Å². The standard InChI is InChI=1S/C8H5F2IN2O4/c9-8(10)6-7(13(16)17)5(11)3(2-12-6)1-4(14)15/h2,8H,1H2,(H,14,15). The fraction of sp³-hybridized carbons (Fsp3) is 0.250. The molecule has 17 heavy (non-hydrogen) atoms. The molecule has 0 aromatic carbocycles. The summed E-state index contributed by atoms with van der Waals surface area (Å²) in [6.45, 7) is 0. The van der Waals surface area contributed by atoms with Gasteiger partial charge in [-0.2, -0.15) is 0 Å². The van der Waals surface area contributed by atoms with Crippen LogP contribution in [0.4, 0.5) is 14.5 Å². The Kier molecular flexibility index (Phi) is 4.26. The molecule has 0 aliphatic carbocycles. The van der Waals surface area contributed by atoms with Crippen molar-refractivity contribution in [3.63, 3.8) is 0 Å². The fourth-order valence-electron chi connectivity index (χ4n) is 1.15. The van der Waals surface area contributed by atoms with E-state index in [4.69, 9.17) is 5.11 Å². The molecule has 0 fully saturated rings. The van der Waals surface area contributed by atoms with Crippen molar-refractivity contribution in [3.05, 3.63) is 31.1 Å². The van der Waals surface area contributed by atoms with Crippen LogP contribution in [0.25, 0.3) is 0 Å². The maximum Gasteiger partial charge on any atom is 0.310 e. The Labute approximate surface area is 107 Å². The van der Waals surface area contributed by atoms with Gasteiger partial charge in [0.2, 0.25) is 0 Å². The minimum atomic E-state index is -3.08. The van der Waals surface area contributed by atoms with E-state index < -0.39 is 35.1 Å². The first kappa shape index (κ1) is 13.7. The second kappa shape index (κ2) is 5.29. The Hall–Kier alpha value is -1.39. The molecule has 1 rings (SSSR count). The summed E-state index contributed by atoms with van der Waals surface area (Å²) in [5.74, 6) is -1.22. The average molecular weight is 358 g/mol. The number of rotatable bonds is 4. The van der Waals surface area contributed by atoms with E-state index in [0.717, 1.165) is 6.20 Å². The van der Waals surface area contributed by atoms with Crippen molar-refractivity contribution in [2.45, 2.75) is 12.8 Å². The van der Waals surface area contributed by atoms with E-state index in [1.165, 1.54) is 22.6 Å². The summed E-state index contributed by atoms with van der Waals surface area (Å²) in [4.78, 5) is 23.4. The Morgan fingerprint density at radius 3 is 2.65 bits per heavy atom. The molecule has 1 N–H and O–H groups in total. The van der Waals surface area contributed by atoms with Gasteiger partial charge in [0, 0.05) is 11.8 Å². The Morgan fingerprint density at radius 1 is 1.65 bits per heavy atom. The van der Waals surface area contributed by atoms with Crippen molar-refractivity contribution in [1.29, 1.82) is 0 Å². The predicted molar refractivity (Wildman–Crippen MR) is 59.9 cm³/mol. The number of halogens is 3. The molecule has 0 amide bonds. The monoisotopic (exact) mass is 358 g/mol. The highest BCUT2D eigenvalue weighted by Gasteiger charge is 2.28. The van der Waals surface area contributed by atoms with Crippen LogP contribution in [0.3, 0.4) is 0 Å². The lowest BCUT2D eigenvalue weighted by atomic mass is 10.1. The minimum absolute atomic E-state index is 0.0363. The molecule has 6 nitrogen and oxygen atoms in total. The number of alkyl halides is 2. The second-order valence-corrected chi connectivity index (χ2v) is 4.04. The number of nitro groups is 1. The summed E-state index contributed by atoms with van der Waals surface area (Å²) in [6, 6.07) is 0. The molecular weight excluding hydrogens is 353 g/mol. The molecule has 1 aromatic heterocycles. The maximum atomic E-state index is 12.5. The molecule has 0 saturated heterocycles. The van der Waals surface area contributed by atoms with Gasteiger partial charge in [0.25, 0.3) is 6.43 Å². The number of pyridine rings is 1. The molecule has 0 saturated carbocycles. The Bertz CT molecular complexity index is 481. The number of carbonyl (C=O) groups is 1. The third kappa shape index (κ3) is 3.05. The zero-order valence-electron chi connectivity index (χ0n) is 8.06. The number of aliphatic carboxylic acids is 1. The molecule has 92 valence electrons. The number of carboxylic acids is 1. The quantitative estimate of drug-likeness (QED) is 0.506. The molecule has 1 aromatic rings. The third-order valence-corrected chi connectivity index (χ3v) is 3.03. The van der Waals surface area contributed by atoms with Crippen LogP contribution in [0.1, 0.15) is 17.7 Å². The molecule has 0 aliphatic heterocycles. The van der Waals surface area contributed by atoms with E-state index in [9.17, 15) is 23.7 Å². The highest BCUT2D eigenvalue weighted by atomic mass is 127. The summed E-state index contributed by atoms with van der Waals surface area (Å²) in [7, 11) is 0. The van der Waals surface area contributed by atoms with Gasteiger partial charge in [-0.25, -0.2) is 13.8 Å². The highest BCUT2D eigenvalue weighted by molar-refractivity contribution is 14.1. The van der Waals surface area contributed by atoms with Crippen molar-refractivity contribution < 1.29 is 23.6 Å². The first-order chi connectivity index (χ1) is 7.84. The largest absolute Gasteiger partial charge is 0.481 e. The fourth-order valence-corrected chi connectivity index (χ4v) is 1.95.